The van der Waals surface area contributed by atoms with Gasteiger partial charge in [0.05, 0.1) is 0 Å². The minimum atomic E-state index is 0.581. The normalized spacial score (nSPS) is 11.9. The molecule has 0 unspecified atom stereocenters. The summed E-state index contributed by atoms with van der Waals surface area (Å²) in [5, 5.41) is 11.2. The third-order valence-electron chi connectivity index (χ3n) is 11.1. The van der Waals surface area contributed by atoms with E-state index in [4.69, 9.17) is 23.8 Å². The molecule has 0 saturated heterocycles. The Morgan fingerprint density at radius 1 is 0.304 bits per heavy atom. The van der Waals surface area contributed by atoms with E-state index < -0.39 is 0 Å². The Kier molecular flexibility index (Phi) is 6.56. The van der Waals surface area contributed by atoms with Crippen LogP contribution in [0.4, 0.5) is 0 Å². The molecule has 0 saturated carbocycles. The van der Waals surface area contributed by atoms with Crippen molar-refractivity contribution in [1.82, 2.24) is 15.0 Å². The molecule has 0 aliphatic carbocycles. The van der Waals surface area contributed by atoms with Crippen LogP contribution in [0.1, 0.15) is 0 Å². The van der Waals surface area contributed by atoms with Crippen LogP contribution >= 0.6 is 0 Å². The minimum Gasteiger partial charge on any atom is -0.456 e. The number of para-hydroxylation sites is 1. The summed E-state index contributed by atoms with van der Waals surface area (Å²) in [5.74, 6) is 1.80. The fourth-order valence-electron chi connectivity index (χ4n) is 8.44. The molecule has 9 aromatic carbocycles. The molecule has 5 heteroatoms. The van der Waals surface area contributed by atoms with Gasteiger partial charge in [-0.25, -0.2) is 15.0 Å². The lowest BCUT2D eigenvalue weighted by molar-refractivity contribution is 0.668. The molecule has 5 nitrogen and oxygen atoms in total. The van der Waals surface area contributed by atoms with Crippen molar-refractivity contribution >= 4 is 76.2 Å². The van der Waals surface area contributed by atoms with Gasteiger partial charge in [0.1, 0.15) is 22.3 Å². The summed E-state index contributed by atoms with van der Waals surface area (Å²) in [6.45, 7) is 0. The van der Waals surface area contributed by atoms with Crippen molar-refractivity contribution in [2.24, 2.45) is 0 Å². The molecule has 3 aromatic heterocycles. The zero-order valence-electron chi connectivity index (χ0n) is 29.9. The van der Waals surface area contributed by atoms with E-state index >= 15 is 0 Å². The molecule has 0 aliphatic heterocycles. The van der Waals surface area contributed by atoms with Gasteiger partial charge in [-0.3, -0.25) is 0 Å². The number of aromatic nitrogens is 3. The van der Waals surface area contributed by atoms with Crippen LogP contribution in [0.2, 0.25) is 0 Å². The highest BCUT2D eigenvalue weighted by Gasteiger charge is 2.22. The van der Waals surface area contributed by atoms with Gasteiger partial charge in [0.15, 0.2) is 17.5 Å². The summed E-state index contributed by atoms with van der Waals surface area (Å²) in [6, 6.07) is 61.0. The molecule has 0 amide bonds. The largest absolute Gasteiger partial charge is 0.456 e. The first-order valence-corrected chi connectivity index (χ1v) is 18.8. The van der Waals surface area contributed by atoms with Crippen LogP contribution in [0, 0.1) is 0 Å². The Balaban J connectivity index is 1.10. The monoisotopic (exact) mass is 715 g/mol. The highest BCUT2D eigenvalue weighted by molar-refractivity contribution is 6.20. The van der Waals surface area contributed by atoms with Crippen LogP contribution in [0.25, 0.3) is 121 Å². The van der Waals surface area contributed by atoms with E-state index in [0.29, 0.717) is 17.5 Å². The molecule has 12 aromatic rings. The first-order valence-electron chi connectivity index (χ1n) is 18.8. The Morgan fingerprint density at radius 2 is 0.875 bits per heavy atom. The van der Waals surface area contributed by atoms with Crippen LogP contribution in [0.3, 0.4) is 0 Å². The van der Waals surface area contributed by atoms with Gasteiger partial charge in [-0.2, -0.15) is 0 Å². The predicted octanol–water partition coefficient (Wildman–Crippen LogP) is 13.8. The number of fused-ring (bicyclic) bond motifs is 11. The lowest BCUT2D eigenvalue weighted by Gasteiger charge is -2.12. The zero-order valence-corrected chi connectivity index (χ0v) is 29.9. The number of furan rings is 2. The Hall–Kier alpha value is -7.63. The molecule has 260 valence electrons. The molecule has 56 heavy (non-hydrogen) atoms. The van der Waals surface area contributed by atoms with Gasteiger partial charge in [-0.15, -0.1) is 0 Å². The van der Waals surface area contributed by atoms with Crippen molar-refractivity contribution in [3.63, 3.8) is 0 Å². The molecule has 0 radical (unpaired) electrons. The summed E-state index contributed by atoms with van der Waals surface area (Å²) < 4.78 is 13.1. The van der Waals surface area contributed by atoms with Gasteiger partial charge in [0.25, 0.3) is 0 Å². The molecule has 0 fully saturated rings. The molecule has 0 bridgehead atoms. The summed E-state index contributed by atoms with van der Waals surface area (Å²) in [6.07, 6.45) is 0. The van der Waals surface area contributed by atoms with Crippen molar-refractivity contribution in [2.75, 3.05) is 0 Å². The van der Waals surface area contributed by atoms with E-state index in [0.717, 1.165) is 77.1 Å². The highest BCUT2D eigenvalue weighted by Crippen LogP contribution is 2.43. The summed E-state index contributed by atoms with van der Waals surface area (Å²) in [4.78, 5) is 15.5. The van der Waals surface area contributed by atoms with E-state index in [-0.39, 0.29) is 0 Å². The maximum absolute atomic E-state index is 6.78. The first-order chi connectivity index (χ1) is 27.7. The van der Waals surface area contributed by atoms with Crippen molar-refractivity contribution in [1.29, 1.82) is 0 Å². The molecule has 0 spiro atoms. The zero-order chi connectivity index (χ0) is 36.7. The van der Waals surface area contributed by atoms with E-state index in [9.17, 15) is 0 Å². The number of nitrogens with zero attached hydrogens (tertiary/aromatic N) is 3. The quantitative estimate of drug-likeness (QED) is 0.170. The first kappa shape index (κ1) is 30.8. The summed E-state index contributed by atoms with van der Waals surface area (Å²) in [7, 11) is 0. The SMILES string of the molecule is c1ccc(-c2nc(-c3ccc4ccc5ccccc5c4c3)nc(-c3ccc(-c4ccc5oc6ccc7ccccc7c6c5c4)c4oc5ccccc5c34)n2)cc1. The van der Waals surface area contributed by atoms with E-state index in [1.165, 1.54) is 26.9 Å². The van der Waals surface area contributed by atoms with E-state index in [1.54, 1.807) is 0 Å². The van der Waals surface area contributed by atoms with Gasteiger partial charge in [-0.1, -0.05) is 133 Å². The lowest BCUT2D eigenvalue weighted by Crippen LogP contribution is -2.00. The van der Waals surface area contributed by atoms with Gasteiger partial charge < -0.3 is 8.83 Å². The third kappa shape index (κ3) is 4.71. The van der Waals surface area contributed by atoms with Crippen LogP contribution in [-0.2, 0) is 0 Å². The van der Waals surface area contributed by atoms with E-state index in [1.807, 2.05) is 42.5 Å². The van der Waals surface area contributed by atoms with Gasteiger partial charge >= 0.3 is 0 Å². The Bertz CT molecular complexity index is 3550. The maximum Gasteiger partial charge on any atom is 0.164 e. The second-order valence-electron chi connectivity index (χ2n) is 14.3. The van der Waals surface area contributed by atoms with Crippen molar-refractivity contribution in [3.05, 3.63) is 176 Å². The Labute approximate surface area is 320 Å². The summed E-state index contributed by atoms with van der Waals surface area (Å²) in [5.41, 5.74) is 8.04. The smallest absolute Gasteiger partial charge is 0.164 e. The molecule has 3 heterocycles. The molecule has 0 atom stereocenters. The van der Waals surface area contributed by atoms with Crippen LogP contribution in [-0.4, -0.2) is 15.0 Å². The lowest BCUT2D eigenvalue weighted by atomic mass is 9.96. The average Bonchev–Trinajstić information content (AvgIpc) is 3.85. The molecular weight excluding hydrogens is 687 g/mol. The fraction of sp³-hybridized carbons (Fsp3) is 0. The van der Waals surface area contributed by atoms with E-state index in [2.05, 4.69) is 133 Å². The molecule has 12 rings (SSSR count). The third-order valence-corrected chi connectivity index (χ3v) is 11.1. The Morgan fingerprint density at radius 3 is 1.73 bits per heavy atom. The maximum atomic E-state index is 6.78. The second kappa shape index (κ2) is 11.9. The van der Waals surface area contributed by atoms with Gasteiger partial charge in [0.2, 0.25) is 0 Å². The van der Waals surface area contributed by atoms with Crippen molar-refractivity contribution in [2.45, 2.75) is 0 Å². The van der Waals surface area contributed by atoms with Crippen molar-refractivity contribution < 1.29 is 8.83 Å². The number of hydrogen-bond donors (Lipinski definition) is 0. The van der Waals surface area contributed by atoms with Gasteiger partial charge in [0, 0.05) is 43.8 Å². The van der Waals surface area contributed by atoms with Crippen LogP contribution in [0.5, 0.6) is 0 Å². The highest BCUT2D eigenvalue weighted by atomic mass is 16.3. The number of hydrogen-bond acceptors (Lipinski definition) is 5. The minimum absolute atomic E-state index is 0.581. The predicted molar refractivity (Wildman–Crippen MR) is 229 cm³/mol. The molecular formula is C51H29N3O2. The standard InChI is InChI=1S/C51H29N3O2/c1-2-12-33(13-3-1)49-52-50(35-21-20-32-19-18-30-10-4-6-14-36(30)41(32)29-35)54-51(53-49)40-25-24-38(48-47(40)39-16-8-9-17-43(39)56-48)34-23-26-44-42(28-34)46-37-15-7-5-11-31(37)22-27-45(46)55-44/h1-29H. The number of rotatable bonds is 4. The summed E-state index contributed by atoms with van der Waals surface area (Å²) >= 11 is 0. The fourth-order valence-corrected chi connectivity index (χ4v) is 8.44. The molecule has 0 N–H and O–H groups in total. The van der Waals surface area contributed by atoms with Crippen LogP contribution < -0.4 is 0 Å². The number of benzene rings is 9. The second-order valence-corrected chi connectivity index (χ2v) is 14.3. The average molecular weight is 716 g/mol. The van der Waals surface area contributed by atoms with Crippen LogP contribution in [0.15, 0.2) is 185 Å². The topological polar surface area (TPSA) is 65.0 Å². The van der Waals surface area contributed by atoms with Gasteiger partial charge in [-0.05, 0) is 80.3 Å². The molecule has 0 aliphatic rings. The van der Waals surface area contributed by atoms with Crippen molar-refractivity contribution in [3.8, 4) is 45.3 Å².